The van der Waals surface area contributed by atoms with E-state index < -0.39 is 30.5 Å². The van der Waals surface area contributed by atoms with Crippen molar-refractivity contribution in [2.75, 3.05) is 7.05 Å². The zero-order valence-electron chi connectivity index (χ0n) is 13.0. The van der Waals surface area contributed by atoms with Crippen LogP contribution in [0.25, 0.3) is 0 Å². The first-order chi connectivity index (χ1) is 11.3. The number of aliphatic hydroxyl groups is 5. The molecule has 0 heterocycles. The van der Waals surface area contributed by atoms with Gasteiger partial charge in [-0.05, 0) is 17.8 Å². The Morgan fingerprint density at radius 2 is 1.58 bits per heavy atom. The summed E-state index contributed by atoms with van der Waals surface area (Å²) in [5.74, 6) is 0. The third-order valence-electron chi connectivity index (χ3n) is 3.80. The molecule has 1 unspecified atom stereocenters. The molecule has 24 heavy (non-hydrogen) atoms. The van der Waals surface area contributed by atoms with Crippen molar-refractivity contribution in [2.45, 2.75) is 37.1 Å². The highest BCUT2D eigenvalue weighted by atomic mass is 32.1. The highest BCUT2D eigenvalue weighted by molar-refractivity contribution is 7.80. The van der Waals surface area contributed by atoms with Gasteiger partial charge in [0.15, 0.2) is 5.11 Å². The zero-order valence-corrected chi connectivity index (χ0v) is 13.8. The van der Waals surface area contributed by atoms with Crippen LogP contribution in [0.2, 0.25) is 0 Å². The van der Waals surface area contributed by atoms with Crippen LogP contribution in [0, 0.1) is 0 Å². The van der Waals surface area contributed by atoms with Crippen LogP contribution in [-0.2, 0) is 6.54 Å². The molecule has 1 saturated carbocycles. The Balaban J connectivity index is 2.04. The maximum Gasteiger partial charge on any atom is 0.189 e. The summed E-state index contributed by atoms with van der Waals surface area (Å²) in [6.45, 7) is 0.462. The second-order valence-electron chi connectivity index (χ2n) is 5.55. The lowest BCUT2D eigenvalue weighted by atomic mass is 9.85. The number of nitrogens with one attached hydrogen (secondary N) is 1. The molecule has 9 heteroatoms. The predicted octanol–water partition coefficient (Wildman–Crippen LogP) is -1.83. The van der Waals surface area contributed by atoms with Crippen molar-refractivity contribution in [3.8, 4) is 0 Å². The summed E-state index contributed by atoms with van der Waals surface area (Å²) in [6, 6.07) is 9.53. The van der Waals surface area contributed by atoms with E-state index in [-0.39, 0.29) is 10.8 Å². The van der Waals surface area contributed by atoms with Gasteiger partial charge in [-0.15, -0.1) is 0 Å². The third kappa shape index (κ3) is 4.07. The van der Waals surface area contributed by atoms with Crippen molar-refractivity contribution < 1.29 is 25.5 Å². The molecule has 5 atom stereocenters. The average molecular weight is 355 g/mol. The monoisotopic (exact) mass is 355 g/mol. The Morgan fingerprint density at radius 1 is 1.04 bits per heavy atom. The Hall–Kier alpha value is -1.62. The minimum Gasteiger partial charge on any atom is -0.387 e. The van der Waals surface area contributed by atoms with Gasteiger partial charge in [-0.1, -0.05) is 30.3 Å². The highest BCUT2D eigenvalue weighted by Gasteiger charge is 2.46. The maximum absolute atomic E-state index is 9.93. The number of thiocarbonyl (C=S) groups is 1. The average Bonchev–Trinajstić information content (AvgIpc) is 2.60. The molecule has 1 aliphatic rings. The summed E-state index contributed by atoms with van der Waals surface area (Å²) < 4.78 is 0. The van der Waals surface area contributed by atoms with Crippen molar-refractivity contribution in [2.24, 2.45) is 5.10 Å². The summed E-state index contributed by atoms with van der Waals surface area (Å²) in [7, 11) is 1.50. The number of aliphatic hydroxyl groups excluding tert-OH is 5. The quantitative estimate of drug-likeness (QED) is 0.276. The van der Waals surface area contributed by atoms with Gasteiger partial charge in [-0.25, -0.2) is 5.01 Å². The normalized spacial score (nSPS) is 31.8. The molecule has 6 N–H and O–H groups in total. The molecular formula is C15H21N3O5S. The van der Waals surface area contributed by atoms with Crippen molar-refractivity contribution >= 4 is 23.0 Å². The molecular weight excluding hydrogens is 334 g/mol. The van der Waals surface area contributed by atoms with Crippen LogP contribution in [0.5, 0.6) is 0 Å². The van der Waals surface area contributed by atoms with Gasteiger partial charge < -0.3 is 30.8 Å². The van der Waals surface area contributed by atoms with E-state index in [2.05, 4.69) is 10.4 Å². The molecule has 1 aromatic carbocycles. The zero-order chi connectivity index (χ0) is 17.9. The first-order valence-electron chi connectivity index (χ1n) is 7.37. The number of hydrogen-bond acceptors (Lipinski definition) is 7. The van der Waals surface area contributed by atoms with E-state index in [1.54, 1.807) is 0 Å². The molecule has 0 saturated heterocycles. The molecule has 0 aromatic heterocycles. The van der Waals surface area contributed by atoms with Crippen LogP contribution in [0.4, 0.5) is 0 Å². The van der Waals surface area contributed by atoms with Crippen molar-refractivity contribution in [1.82, 2.24) is 10.3 Å². The minimum atomic E-state index is -1.66. The van der Waals surface area contributed by atoms with Crippen molar-refractivity contribution in [1.29, 1.82) is 0 Å². The Labute approximate surface area is 144 Å². The summed E-state index contributed by atoms with van der Waals surface area (Å²) in [5.41, 5.74) is 0.735. The van der Waals surface area contributed by atoms with Gasteiger partial charge in [0.2, 0.25) is 0 Å². The molecule has 0 aliphatic heterocycles. The largest absolute Gasteiger partial charge is 0.387 e. The molecule has 0 spiro atoms. The van der Waals surface area contributed by atoms with Crippen LogP contribution in [0.1, 0.15) is 5.56 Å². The first-order valence-corrected chi connectivity index (χ1v) is 7.78. The lowest BCUT2D eigenvalue weighted by molar-refractivity contribution is -0.130. The topological polar surface area (TPSA) is 129 Å². The molecule has 1 fully saturated rings. The molecule has 0 amide bonds. The maximum atomic E-state index is 9.93. The van der Waals surface area contributed by atoms with Gasteiger partial charge in [0.1, 0.15) is 36.2 Å². The van der Waals surface area contributed by atoms with Gasteiger partial charge in [-0.2, -0.15) is 5.10 Å². The van der Waals surface area contributed by atoms with E-state index in [1.807, 2.05) is 30.3 Å². The number of hydrazone groups is 1. The van der Waals surface area contributed by atoms with Crippen LogP contribution in [0.15, 0.2) is 35.4 Å². The molecule has 8 nitrogen and oxygen atoms in total. The van der Waals surface area contributed by atoms with E-state index in [1.165, 1.54) is 12.1 Å². The van der Waals surface area contributed by atoms with Crippen LogP contribution >= 0.6 is 12.2 Å². The number of rotatable bonds is 3. The highest BCUT2D eigenvalue weighted by Crippen LogP contribution is 2.19. The van der Waals surface area contributed by atoms with Crippen molar-refractivity contribution in [3.63, 3.8) is 0 Å². The predicted molar refractivity (Wildman–Crippen MR) is 91.1 cm³/mol. The van der Waals surface area contributed by atoms with Gasteiger partial charge in [0.25, 0.3) is 0 Å². The lowest BCUT2D eigenvalue weighted by Gasteiger charge is -2.37. The molecule has 132 valence electrons. The standard InChI is InChI=1S/C15H21N3O5S/c1-18(15(24)16-7-8-5-3-2-4-6-8)17-9-10(19)12(21)14(23)13(22)11(9)20/h2-6,10-14,19-23H,7H2,1H3,(H,16,24)/t10-,11+,12-,13-,14?/m1/s1. The summed E-state index contributed by atoms with van der Waals surface area (Å²) >= 11 is 5.17. The first kappa shape index (κ1) is 18.7. The van der Waals surface area contributed by atoms with E-state index >= 15 is 0 Å². The van der Waals surface area contributed by atoms with Crippen LogP contribution in [0.3, 0.4) is 0 Å². The minimum absolute atomic E-state index is 0.223. The third-order valence-corrected chi connectivity index (χ3v) is 4.21. The Bertz CT molecular complexity index is 582. The molecule has 1 aliphatic carbocycles. The van der Waals surface area contributed by atoms with Crippen LogP contribution in [-0.4, -0.2) is 78.9 Å². The van der Waals surface area contributed by atoms with E-state index in [9.17, 15) is 25.5 Å². The molecule has 0 bridgehead atoms. The van der Waals surface area contributed by atoms with Crippen LogP contribution < -0.4 is 5.32 Å². The fourth-order valence-electron chi connectivity index (χ4n) is 2.33. The molecule has 1 aromatic rings. The summed E-state index contributed by atoms with van der Waals surface area (Å²) in [5, 5.41) is 57.1. The Kier molecular flexibility index (Phi) is 6.21. The van der Waals surface area contributed by atoms with E-state index in [0.717, 1.165) is 5.56 Å². The number of nitrogens with zero attached hydrogens (tertiary/aromatic N) is 2. The van der Waals surface area contributed by atoms with Gasteiger partial charge in [0, 0.05) is 13.6 Å². The fraction of sp³-hybridized carbons (Fsp3) is 0.467. The molecule has 0 radical (unpaired) electrons. The van der Waals surface area contributed by atoms with Gasteiger partial charge >= 0.3 is 0 Å². The number of hydrogen-bond donors (Lipinski definition) is 6. The summed E-state index contributed by atoms with van der Waals surface area (Å²) in [4.78, 5) is 0. The fourth-order valence-corrected chi connectivity index (χ4v) is 2.44. The SMILES string of the molecule is CN(N=C1[C@@H](O)[C@@H](O)C(O)[C@H](O)[C@H]1O)C(=S)NCc1ccccc1. The van der Waals surface area contributed by atoms with Gasteiger partial charge in [-0.3, -0.25) is 0 Å². The summed E-state index contributed by atoms with van der Waals surface area (Å²) in [6.07, 6.45) is -8.19. The second kappa shape index (κ2) is 7.97. The Morgan fingerprint density at radius 3 is 2.12 bits per heavy atom. The number of benzene rings is 1. The lowest BCUT2D eigenvalue weighted by Crippen LogP contribution is -2.62. The van der Waals surface area contributed by atoms with Crippen molar-refractivity contribution in [3.05, 3.63) is 35.9 Å². The second-order valence-corrected chi connectivity index (χ2v) is 5.94. The smallest absolute Gasteiger partial charge is 0.189 e. The van der Waals surface area contributed by atoms with E-state index in [0.29, 0.717) is 6.54 Å². The molecule has 2 rings (SSSR count). The van der Waals surface area contributed by atoms with E-state index in [4.69, 9.17) is 12.2 Å². The van der Waals surface area contributed by atoms with Gasteiger partial charge in [0.05, 0.1) is 0 Å².